The lowest BCUT2D eigenvalue weighted by Crippen LogP contribution is -2.02. The first-order valence-electron chi connectivity index (χ1n) is 7.56. The average Bonchev–Trinajstić information content (AvgIpc) is 2.55. The minimum absolute atomic E-state index is 0.0445. The Morgan fingerprint density at radius 2 is 1.65 bits per heavy atom. The molecule has 0 atom stereocenters. The minimum atomic E-state index is 0.0445. The van der Waals surface area contributed by atoms with Crippen molar-refractivity contribution in [2.24, 2.45) is 0 Å². The molecule has 3 rings (SSSR count). The number of rotatable bonds is 2. The van der Waals surface area contributed by atoms with Gasteiger partial charge in [0.05, 0.1) is 0 Å². The van der Waals surface area contributed by atoms with Gasteiger partial charge in [0.2, 0.25) is 0 Å². The fourth-order valence-electron chi connectivity index (χ4n) is 2.72. The number of aromatic hydroxyl groups is 1. The number of carbonyl (C=O) groups excluding carboxylic acids is 1. The molecule has 23 heavy (non-hydrogen) atoms. The number of phenolic OH excluding ortho intramolecular Hbond substituents is 1. The molecule has 0 saturated carbocycles. The number of aryl methyl sites for hydroxylation is 1. The number of hydrogen-bond acceptors (Lipinski definition) is 2. The summed E-state index contributed by atoms with van der Waals surface area (Å²) < 4.78 is 0. The lowest BCUT2D eigenvalue weighted by Gasteiger charge is -2.15. The molecule has 0 bridgehead atoms. The van der Waals surface area contributed by atoms with Crippen molar-refractivity contribution >= 4 is 11.4 Å². The van der Waals surface area contributed by atoms with E-state index in [9.17, 15) is 9.90 Å². The van der Waals surface area contributed by atoms with Crippen molar-refractivity contribution in [3.63, 3.8) is 0 Å². The van der Waals surface area contributed by atoms with E-state index in [4.69, 9.17) is 0 Å². The first-order valence-corrected chi connectivity index (χ1v) is 7.56. The van der Waals surface area contributed by atoms with Gasteiger partial charge in [-0.05, 0) is 71.5 Å². The second kappa shape index (κ2) is 6.09. The molecule has 0 spiro atoms. The second-order valence-corrected chi connectivity index (χ2v) is 5.72. The monoisotopic (exact) mass is 302 g/mol. The highest BCUT2D eigenvalue weighted by Gasteiger charge is 2.14. The zero-order valence-electron chi connectivity index (χ0n) is 13.2. The predicted molar refractivity (Wildman–Crippen MR) is 93.2 cm³/mol. The summed E-state index contributed by atoms with van der Waals surface area (Å²) in [6.45, 7) is 3.71. The van der Waals surface area contributed by atoms with Crippen molar-refractivity contribution in [2.75, 3.05) is 0 Å². The Morgan fingerprint density at radius 3 is 2.30 bits per heavy atom. The molecule has 114 valence electrons. The van der Waals surface area contributed by atoms with Crippen LogP contribution in [0.5, 0.6) is 5.75 Å². The summed E-state index contributed by atoms with van der Waals surface area (Å²) in [5.74, 6) is 0.329. The topological polar surface area (TPSA) is 37.3 Å². The van der Waals surface area contributed by atoms with Gasteiger partial charge in [-0.2, -0.15) is 0 Å². The van der Waals surface area contributed by atoms with E-state index in [1.54, 1.807) is 12.1 Å². The molecule has 0 aliphatic heterocycles. The molecule has 2 aromatic rings. The van der Waals surface area contributed by atoms with Crippen LogP contribution in [0.25, 0.3) is 5.57 Å². The quantitative estimate of drug-likeness (QED) is 0.881. The third-order valence-corrected chi connectivity index (χ3v) is 4.01. The largest absolute Gasteiger partial charge is 0.508 e. The van der Waals surface area contributed by atoms with E-state index < -0.39 is 0 Å². The van der Waals surface area contributed by atoms with Crippen molar-refractivity contribution < 1.29 is 9.90 Å². The molecule has 0 radical (unpaired) electrons. The van der Waals surface area contributed by atoms with Gasteiger partial charge in [0.1, 0.15) is 5.75 Å². The summed E-state index contributed by atoms with van der Waals surface area (Å²) >= 11 is 0. The van der Waals surface area contributed by atoms with Gasteiger partial charge in [-0.25, -0.2) is 0 Å². The Bertz CT molecular complexity index is 853. The molecule has 0 heterocycles. The SMILES string of the molecule is CC1=C/C(=C(/c2ccccc2)c2ccc(O)c(C)c2)C=CC1=O. The summed E-state index contributed by atoms with van der Waals surface area (Å²) in [6.07, 6.45) is 5.40. The smallest absolute Gasteiger partial charge is 0.181 e. The normalized spacial score (nSPS) is 16.3. The van der Waals surface area contributed by atoms with Crippen molar-refractivity contribution in [1.82, 2.24) is 0 Å². The fourth-order valence-corrected chi connectivity index (χ4v) is 2.72. The van der Waals surface area contributed by atoms with Gasteiger partial charge in [0.15, 0.2) is 5.78 Å². The molecule has 0 unspecified atom stereocenters. The summed E-state index contributed by atoms with van der Waals surface area (Å²) in [6, 6.07) is 15.7. The summed E-state index contributed by atoms with van der Waals surface area (Å²) in [4.78, 5) is 11.7. The van der Waals surface area contributed by atoms with Crippen molar-refractivity contribution in [1.29, 1.82) is 0 Å². The fraction of sp³-hybridized carbons (Fsp3) is 0.0952. The zero-order valence-corrected chi connectivity index (χ0v) is 13.2. The molecule has 2 aromatic carbocycles. The maximum atomic E-state index is 11.7. The van der Waals surface area contributed by atoms with E-state index in [-0.39, 0.29) is 11.5 Å². The molecule has 0 saturated heterocycles. The van der Waals surface area contributed by atoms with E-state index in [1.165, 1.54) is 0 Å². The molecule has 1 aliphatic rings. The Balaban J connectivity index is 2.26. The van der Waals surface area contributed by atoms with E-state index >= 15 is 0 Å². The minimum Gasteiger partial charge on any atom is -0.508 e. The Kier molecular flexibility index (Phi) is 3.98. The molecule has 1 N–H and O–H groups in total. The van der Waals surface area contributed by atoms with Gasteiger partial charge in [0.25, 0.3) is 0 Å². The van der Waals surface area contributed by atoms with Gasteiger partial charge >= 0.3 is 0 Å². The number of allylic oxidation sites excluding steroid dienone is 5. The van der Waals surface area contributed by atoms with Gasteiger partial charge in [-0.15, -0.1) is 0 Å². The zero-order chi connectivity index (χ0) is 16.4. The van der Waals surface area contributed by atoms with Crippen LogP contribution in [0.3, 0.4) is 0 Å². The number of carbonyl (C=O) groups is 1. The van der Waals surface area contributed by atoms with E-state index in [0.717, 1.165) is 33.4 Å². The predicted octanol–water partition coefficient (Wildman–Crippen LogP) is 4.59. The van der Waals surface area contributed by atoms with Gasteiger partial charge in [-0.1, -0.05) is 42.5 Å². The molecule has 1 aliphatic carbocycles. The van der Waals surface area contributed by atoms with Gasteiger partial charge < -0.3 is 5.11 Å². The lowest BCUT2D eigenvalue weighted by atomic mass is 9.89. The van der Waals surface area contributed by atoms with Crippen LogP contribution in [0.2, 0.25) is 0 Å². The standard InChI is InChI=1S/C21H18O2/c1-14-12-17(8-10-19(14)22)21(16-6-4-3-5-7-16)18-9-11-20(23)15(2)13-18/h3-13,22H,1-2H3/b21-18-. The molecular weight excluding hydrogens is 284 g/mol. The number of hydrogen-bond donors (Lipinski definition) is 1. The van der Waals surface area contributed by atoms with Crippen LogP contribution >= 0.6 is 0 Å². The Hall–Kier alpha value is -2.87. The van der Waals surface area contributed by atoms with Crippen LogP contribution in [-0.2, 0) is 4.79 Å². The first-order chi connectivity index (χ1) is 11.1. The highest BCUT2D eigenvalue weighted by atomic mass is 16.3. The second-order valence-electron chi connectivity index (χ2n) is 5.72. The molecule has 0 aromatic heterocycles. The van der Waals surface area contributed by atoms with Crippen molar-refractivity contribution in [3.05, 3.63) is 94.6 Å². The summed E-state index contributed by atoms with van der Waals surface area (Å²) in [7, 11) is 0. The average molecular weight is 302 g/mol. The first kappa shape index (κ1) is 15.0. The molecule has 0 amide bonds. The molecular formula is C21H18O2. The molecule has 2 nitrogen and oxygen atoms in total. The van der Waals surface area contributed by atoms with Gasteiger partial charge in [0, 0.05) is 0 Å². The Morgan fingerprint density at radius 1 is 0.913 bits per heavy atom. The maximum absolute atomic E-state index is 11.7. The third kappa shape index (κ3) is 3.02. The van der Waals surface area contributed by atoms with Crippen LogP contribution in [0.15, 0.2) is 77.9 Å². The van der Waals surface area contributed by atoms with E-state index in [0.29, 0.717) is 0 Å². The lowest BCUT2D eigenvalue weighted by molar-refractivity contribution is -0.111. The van der Waals surface area contributed by atoms with E-state index in [2.05, 4.69) is 12.1 Å². The maximum Gasteiger partial charge on any atom is 0.181 e. The van der Waals surface area contributed by atoms with Crippen LogP contribution in [0.1, 0.15) is 23.6 Å². The van der Waals surface area contributed by atoms with Crippen LogP contribution in [-0.4, -0.2) is 10.9 Å². The number of phenols is 1. The van der Waals surface area contributed by atoms with E-state index in [1.807, 2.05) is 56.3 Å². The summed E-state index contributed by atoms with van der Waals surface area (Å²) in [5.41, 5.74) is 5.70. The number of benzene rings is 2. The molecule has 2 heteroatoms. The highest BCUT2D eigenvalue weighted by Crippen LogP contribution is 2.32. The Labute approximate surface area is 136 Å². The summed E-state index contributed by atoms with van der Waals surface area (Å²) in [5, 5.41) is 9.80. The van der Waals surface area contributed by atoms with Crippen LogP contribution < -0.4 is 0 Å². The van der Waals surface area contributed by atoms with Crippen LogP contribution in [0.4, 0.5) is 0 Å². The van der Waals surface area contributed by atoms with Crippen molar-refractivity contribution in [2.45, 2.75) is 13.8 Å². The van der Waals surface area contributed by atoms with Crippen molar-refractivity contribution in [3.8, 4) is 5.75 Å². The highest BCUT2D eigenvalue weighted by molar-refractivity contribution is 6.07. The number of ketones is 1. The molecule has 0 fully saturated rings. The van der Waals surface area contributed by atoms with Gasteiger partial charge in [-0.3, -0.25) is 4.79 Å². The third-order valence-electron chi connectivity index (χ3n) is 4.01. The van der Waals surface area contributed by atoms with Crippen LogP contribution in [0, 0.1) is 6.92 Å².